The van der Waals surface area contributed by atoms with Crippen molar-refractivity contribution in [1.82, 2.24) is 9.55 Å². The lowest BCUT2D eigenvalue weighted by Crippen LogP contribution is -2.19. The van der Waals surface area contributed by atoms with Gasteiger partial charge < -0.3 is 4.57 Å². The summed E-state index contributed by atoms with van der Waals surface area (Å²) in [5, 5.41) is 10.1. The molecule has 2 heteroatoms. The fourth-order valence-corrected chi connectivity index (χ4v) is 11.3. The first kappa shape index (κ1) is 42.1. The van der Waals surface area contributed by atoms with Crippen molar-refractivity contribution in [3.63, 3.8) is 0 Å². The van der Waals surface area contributed by atoms with Gasteiger partial charge in [0.25, 0.3) is 0 Å². The number of allylic oxidation sites excluding steroid dienone is 7. The van der Waals surface area contributed by atoms with Gasteiger partial charge in [0.1, 0.15) is 0 Å². The van der Waals surface area contributed by atoms with Gasteiger partial charge in [0, 0.05) is 33.6 Å². The van der Waals surface area contributed by atoms with Crippen molar-refractivity contribution in [1.29, 1.82) is 0 Å². The molecule has 0 N–H and O–H groups in total. The molecule has 0 radical (unpaired) electrons. The van der Waals surface area contributed by atoms with Crippen LogP contribution in [0.2, 0.25) is 0 Å². The topological polar surface area (TPSA) is 17.8 Å². The SMILES string of the molecule is C/C=C(\C=C/C1=CC(CC)(CC)c2cc(-n3c4ccccc4c4ccccc43)ccc21)/C=C/c1ccc(-c2cc(-c3ccccc3)c3c4ccccc4c4ccccc4c3c2-c2ccccc2)nc1. The molecule has 0 unspecified atom stereocenters. The van der Waals surface area contributed by atoms with Crippen molar-refractivity contribution < 1.29 is 0 Å². The number of fused-ring (bicyclic) bond motifs is 10. The van der Waals surface area contributed by atoms with E-state index in [4.69, 9.17) is 4.98 Å². The number of benzene rings is 9. The predicted molar refractivity (Wildman–Crippen MR) is 296 cm³/mol. The van der Waals surface area contributed by atoms with E-state index in [0.717, 1.165) is 35.2 Å². The van der Waals surface area contributed by atoms with Gasteiger partial charge >= 0.3 is 0 Å². The molecule has 0 fully saturated rings. The number of hydrogen-bond donors (Lipinski definition) is 0. The van der Waals surface area contributed by atoms with Crippen LogP contribution >= 0.6 is 0 Å². The average molecular weight is 885 g/mol. The standard InChI is InChI=1S/C67H52N2/c1-4-45(35-37-49-43-67(5-2,6-3)60-41-50(38-39-51(49)60)69-62-31-19-17-27-54(62)55-28-18-20-32-63(55)69)33-34-46-36-40-61(68-44-46)59-42-58(47-21-9-7-10-22-47)65-56-29-15-13-25-52(56)53-26-14-16-30-57(53)66(65)64(59)48-23-11-8-12-24-48/h4,7-44H,5-6H2,1-3H3/b34-33+,37-35-,45-4-. The zero-order valence-electron chi connectivity index (χ0n) is 39.3. The van der Waals surface area contributed by atoms with Crippen LogP contribution in [0.3, 0.4) is 0 Å². The molecule has 11 aromatic rings. The molecule has 0 spiro atoms. The molecule has 2 nitrogen and oxygen atoms in total. The van der Waals surface area contributed by atoms with E-state index in [9.17, 15) is 0 Å². The molecule has 330 valence electrons. The first-order chi connectivity index (χ1) is 34.1. The molecule has 2 aromatic heterocycles. The van der Waals surface area contributed by atoms with Gasteiger partial charge in [-0.15, -0.1) is 0 Å². The Balaban J connectivity index is 0.904. The normalized spacial score (nSPS) is 13.7. The fraction of sp³-hybridized carbons (Fsp3) is 0.0896. The third-order valence-electron chi connectivity index (χ3n) is 14.9. The molecule has 9 aromatic carbocycles. The highest BCUT2D eigenvalue weighted by Gasteiger charge is 2.35. The van der Waals surface area contributed by atoms with Gasteiger partial charge in [-0.2, -0.15) is 0 Å². The maximum atomic E-state index is 5.25. The lowest BCUT2D eigenvalue weighted by molar-refractivity contribution is 0.505. The van der Waals surface area contributed by atoms with Crippen LogP contribution in [-0.4, -0.2) is 9.55 Å². The lowest BCUT2D eigenvalue weighted by atomic mass is 9.78. The average Bonchev–Trinajstić information content (AvgIpc) is 3.93. The van der Waals surface area contributed by atoms with Crippen molar-refractivity contribution in [3.8, 4) is 39.2 Å². The molecule has 0 atom stereocenters. The first-order valence-corrected chi connectivity index (χ1v) is 24.4. The maximum absolute atomic E-state index is 5.25. The monoisotopic (exact) mass is 884 g/mol. The summed E-state index contributed by atoms with van der Waals surface area (Å²) in [5.41, 5.74) is 16.7. The van der Waals surface area contributed by atoms with Gasteiger partial charge in [-0.05, 0) is 139 Å². The van der Waals surface area contributed by atoms with E-state index in [2.05, 4.69) is 256 Å². The summed E-state index contributed by atoms with van der Waals surface area (Å²) in [4.78, 5) is 5.25. The summed E-state index contributed by atoms with van der Waals surface area (Å²) >= 11 is 0. The zero-order valence-corrected chi connectivity index (χ0v) is 39.3. The third-order valence-corrected chi connectivity index (χ3v) is 14.9. The van der Waals surface area contributed by atoms with Gasteiger partial charge in [-0.3, -0.25) is 4.98 Å². The molecule has 0 amide bonds. The van der Waals surface area contributed by atoms with Gasteiger partial charge in [0.15, 0.2) is 0 Å². The summed E-state index contributed by atoms with van der Waals surface area (Å²) in [6, 6.07) is 70.9. The Morgan fingerprint density at radius 1 is 0.507 bits per heavy atom. The second-order valence-corrected chi connectivity index (χ2v) is 18.4. The highest BCUT2D eigenvalue weighted by atomic mass is 15.0. The summed E-state index contributed by atoms with van der Waals surface area (Å²) < 4.78 is 2.44. The number of rotatable bonds is 10. The molecular weight excluding hydrogens is 833 g/mol. The second-order valence-electron chi connectivity index (χ2n) is 18.4. The molecular formula is C67H52N2. The maximum Gasteiger partial charge on any atom is 0.0709 e. The van der Waals surface area contributed by atoms with E-state index in [-0.39, 0.29) is 5.41 Å². The van der Waals surface area contributed by atoms with Crippen LogP contribution in [0.15, 0.2) is 236 Å². The smallest absolute Gasteiger partial charge is 0.0709 e. The van der Waals surface area contributed by atoms with Crippen molar-refractivity contribution in [2.24, 2.45) is 0 Å². The van der Waals surface area contributed by atoms with Gasteiger partial charge in [-0.1, -0.05) is 208 Å². The van der Waals surface area contributed by atoms with Crippen molar-refractivity contribution in [3.05, 3.63) is 253 Å². The van der Waals surface area contributed by atoms with E-state index in [0.29, 0.717) is 0 Å². The van der Waals surface area contributed by atoms with E-state index in [1.165, 1.54) is 98.8 Å². The lowest BCUT2D eigenvalue weighted by Gasteiger charge is -2.27. The number of para-hydroxylation sites is 2. The van der Waals surface area contributed by atoms with Gasteiger partial charge in [-0.25, -0.2) is 0 Å². The Hall–Kier alpha value is -8.33. The van der Waals surface area contributed by atoms with Crippen LogP contribution in [-0.2, 0) is 5.41 Å². The number of aromatic nitrogens is 2. The molecule has 0 aliphatic heterocycles. The van der Waals surface area contributed by atoms with E-state index >= 15 is 0 Å². The molecule has 0 bridgehead atoms. The largest absolute Gasteiger partial charge is 0.309 e. The molecule has 12 rings (SSSR count). The molecule has 0 saturated heterocycles. The Morgan fingerprint density at radius 2 is 1.07 bits per heavy atom. The summed E-state index contributed by atoms with van der Waals surface area (Å²) in [7, 11) is 0. The molecule has 1 aliphatic rings. The second kappa shape index (κ2) is 17.4. The number of hydrogen-bond acceptors (Lipinski definition) is 1. The minimum Gasteiger partial charge on any atom is -0.309 e. The third kappa shape index (κ3) is 7.06. The first-order valence-electron chi connectivity index (χ1n) is 24.4. The van der Waals surface area contributed by atoms with E-state index < -0.39 is 0 Å². The van der Waals surface area contributed by atoms with E-state index in [1.807, 2.05) is 6.20 Å². The summed E-state index contributed by atoms with van der Waals surface area (Å²) in [6.07, 6.45) is 17.8. The van der Waals surface area contributed by atoms with Crippen molar-refractivity contribution >= 4 is 65.8 Å². The van der Waals surface area contributed by atoms with Crippen LogP contribution in [0.1, 0.15) is 50.3 Å². The molecule has 69 heavy (non-hydrogen) atoms. The Labute approximate surface area is 404 Å². The molecule has 1 aliphatic carbocycles. The number of pyridine rings is 1. The van der Waals surface area contributed by atoms with Crippen LogP contribution in [0, 0.1) is 0 Å². The molecule has 2 heterocycles. The zero-order chi connectivity index (χ0) is 46.5. The fourth-order valence-electron chi connectivity index (χ4n) is 11.3. The predicted octanol–water partition coefficient (Wildman–Crippen LogP) is 18.3. The Kier molecular flexibility index (Phi) is 10.6. The van der Waals surface area contributed by atoms with Crippen LogP contribution in [0.25, 0.3) is 105 Å². The Bertz CT molecular complexity index is 3840. The minimum absolute atomic E-state index is 0.0305. The summed E-state index contributed by atoms with van der Waals surface area (Å²) in [5.74, 6) is 0. The van der Waals surface area contributed by atoms with Crippen molar-refractivity contribution in [2.45, 2.75) is 39.0 Å². The molecule has 0 saturated carbocycles. The number of nitrogens with zero attached hydrogens (tertiary/aromatic N) is 2. The highest BCUT2D eigenvalue weighted by molar-refractivity contribution is 6.32. The van der Waals surface area contributed by atoms with Crippen LogP contribution < -0.4 is 0 Å². The van der Waals surface area contributed by atoms with Crippen molar-refractivity contribution in [2.75, 3.05) is 0 Å². The van der Waals surface area contributed by atoms with Crippen LogP contribution in [0.5, 0.6) is 0 Å². The Morgan fingerprint density at radius 3 is 1.68 bits per heavy atom. The van der Waals surface area contributed by atoms with Crippen LogP contribution in [0.4, 0.5) is 0 Å². The van der Waals surface area contributed by atoms with E-state index in [1.54, 1.807) is 0 Å². The van der Waals surface area contributed by atoms with Gasteiger partial charge in [0.2, 0.25) is 0 Å². The highest BCUT2D eigenvalue weighted by Crippen LogP contribution is 2.50. The quantitative estimate of drug-likeness (QED) is 0.0988. The summed E-state index contributed by atoms with van der Waals surface area (Å²) in [6.45, 7) is 6.78. The van der Waals surface area contributed by atoms with Gasteiger partial charge in [0.05, 0.1) is 16.7 Å². The minimum atomic E-state index is -0.0305.